The van der Waals surface area contributed by atoms with Crippen molar-refractivity contribution in [1.29, 1.82) is 0 Å². The summed E-state index contributed by atoms with van der Waals surface area (Å²) in [4.78, 5) is 14.3. The first-order valence-corrected chi connectivity index (χ1v) is 6.11. The zero-order valence-corrected chi connectivity index (χ0v) is 10.7. The SMILES string of the molecule is CCC(C)N(CCOC)C(=O)C1(CN)CC1. The van der Waals surface area contributed by atoms with Crippen LogP contribution in [0, 0.1) is 5.41 Å². The maximum absolute atomic E-state index is 12.4. The van der Waals surface area contributed by atoms with Gasteiger partial charge in [0.15, 0.2) is 0 Å². The van der Waals surface area contributed by atoms with Gasteiger partial charge in [0, 0.05) is 26.2 Å². The van der Waals surface area contributed by atoms with E-state index >= 15 is 0 Å². The van der Waals surface area contributed by atoms with Crippen LogP contribution in [0.1, 0.15) is 33.1 Å². The van der Waals surface area contributed by atoms with Crippen molar-refractivity contribution in [2.75, 3.05) is 26.8 Å². The Morgan fingerprint density at radius 1 is 1.56 bits per heavy atom. The number of methoxy groups -OCH3 is 1. The van der Waals surface area contributed by atoms with Crippen LogP contribution in [-0.4, -0.2) is 43.7 Å². The third-order valence-corrected chi connectivity index (χ3v) is 3.62. The molecule has 0 spiro atoms. The number of nitrogens with zero attached hydrogens (tertiary/aromatic N) is 1. The van der Waals surface area contributed by atoms with Crippen molar-refractivity contribution in [3.05, 3.63) is 0 Å². The van der Waals surface area contributed by atoms with Gasteiger partial charge in [-0.25, -0.2) is 0 Å². The molecule has 0 heterocycles. The lowest BCUT2D eigenvalue weighted by Crippen LogP contribution is -2.46. The smallest absolute Gasteiger partial charge is 0.230 e. The standard InChI is InChI=1S/C12H24N2O2/c1-4-10(2)14(7-8-16-3)11(15)12(9-13)5-6-12/h10H,4-9,13H2,1-3H3. The molecule has 0 aromatic rings. The monoisotopic (exact) mass is 228 g/mol. The summed E-state index contributed by atoms with van der Waals surface area (Å²) in [6, 6.07) is 0.270. The molecule has 1 amide bonds. The molecule has 4 heteroatoms. The lowest BCUT2D eigenvalue weighted by atomic mass is 10.0. The zero-order chi connectivity index (χ0) is 12.2. The van der Waals surface area contributed by atoms with Crippen molar-refractivity contribution in [1.82, 2.24) is 4.90 Å². The van der Waals surface area contributed by atoms with E-state index in [0.29, 0.717) is 19.7 Å². The van der Waals surface area contributed by atoms with Crippen molar-refractivity contribution >= 4 is 5.91 Å². The average molecular weight is 228 g/mol. The molecule has 1 unspecified atom stereocenters. The van der Waals surface area contributed by atoms with E-state index < -0.39 is 0 Å². The summed E-state index contributed by atoms with van der Waals surface area (Å²) in [5, 5.41) is 0. The predicted molar refractivity (Wildman–Crippen MR) is 64.1 cm³/mol. The molecule has 0 aliphatic heterocycles. The van der Waals surface area contributed by atoms with Gasteiger partial charge in [-0.3, -0.25) is 4.79 Å². The summed E-state index contributed by atoms with van der Waals surface area (Å²) in [5.74, 6) is 0.224. The molecule has 1 atom stereocenters. The maximum Gasteiger partial charge on any atom is 0.230 e. The van der Waals surface area contributed by atoms with Crippen LogP contribution in [-0.2, 0) is 9.53 Å². The second kappa shape index (κ2) is 5.64. The minimum absolute atomic E-state index is 0.224. The Kier molecular flexibility index (Phi) is 4.74. The van der Waals surface area contributed by atoms with Crippen LogP contribution >= 0.6 is 0 Å². The van der Waals surface area contributed by atoms with E-state index in [0.717, 1.165) is 19.3 Å². The van der Waals surface area contributed by atoms with Gasteiger partial charge in [0.25, 0.3) is 0 Å². The Hall–Kier alpha value is -0.610. The first-order chi connectivity index (χ1) is 7.61. The highest BCUT2D eigenvalue weighted by molar-refractivity contribution is 5.85. The molecule has 1 aliphatic carbocycles. The van der Waals surface area contributed by atoms with Crippen molar-refractivity contribution in [2.45, 2.75) is 39.2 Å². The van der Waals surface area contributed by atoms with Crippen molar-refractivity contribution in [2.24, 2.45) is 11.1 Å². The summed E-state index contributed by atoms with van der Waals surface area (Å²) in [6.07, 6.45) is 2.86. The van der Waals surface area contributed by atoms with Gasteiger partial charge < -0.3 is 15.4 Å². The summed E-state index contributed by atoms with van der Waals surface area (Å²) in [7, 11) is 1.66. The Labute approximate surface area is 98.1 Å². The number of nitrogens with two attached hydrogens (primary N) is 1. The highest BCUT2D eigenvalue weighted by Gasteiger charge is 2.50. The van der Waals surface area contributed by atoms with Crippen LogP contribution in [0.5, 0.6) is 0 Å². The third kappa shape index (κ3) is 2.74. The molecule has 1 fully saturated rings. The van der Waals surface area contributed by atoms with E-state index in [-0.39, 0.29) is 17.4 Å². The number of hydrogen-bond donors (Lipinski definition) is 1. The molecule has 0 bridgehead atoms. The minimum atomic E-state index is -0.239. The fraction of sp³-hybridized carbons (Fsp3) is 0.917. The van der Waals surface area contributed by atoms with Crippen LogP contribution in [0.3, 0.4) is 0 Å². The molecular formula is C12H24N2O2. The first-order valence-electron chi connectivity index (χ1n) is 6.11. The topological polar surface area (TPSA) is 55.6 Å². The Morgan fingerprint density at radius 2 is 2.19 bits per heavy atom. The third-order valence-electron chi connectivity index (χ3n) is 3.62. The Morgan fingerprint density at radius 3 is 2.56 bits per heavy atom. The molecule has 1 saturated carbocycles. The number of ether oxygens (including phenoxy) is 1. The van der Waals surface area contributed by atoms with Gasteiger partial charge >= 0.3 is 0 Å². The van der Waals surface area contributed by atoms with Crippen molar-refractivity contribution in [3.8, 4) is 0 Å². The molecule has 0 saturated heterocycles. The van der Waals surface area contributed by atoms with E-state index in [1.807, 2.05) is 4.90 Å². The molecule has 94 valence electrons. The predicted octanol–water partition coefficient (Wildman–Crippen LogP) is 0.999. The summed E-state index contributed by atoms with van der Waals surface area (Å²) in [5.41, 5.74) is 5.46. The fourth-order valence-corrected chi connectivity index (χ4v) is 1.89. The number of carbonyl (C=O) groups excluding carboxylic acids is 1. The molecule has 1 aliphatic rings. The number of amides is 1. The van der Waals surface area contributed by atoms with E-state index in [1.54, 1.807) is 7.11 Å². The molecule has 4 nitrogen and oxygen atoms in total. The second-order valence-electron chi connectivity index (χ2n) is 4.73. The summed E-state index contributed by atoms with van der Waals surface area (Å²) >= 11 is 0. The maximum atomic E-state index is 12.4. The fourth-order valence-electron chi connectivity index (χ4n) is 1.89. The van der Waals surface area contributed by atoms with E-state index in [4.69, 9.17) is 10.5 Å². The molecule has 2 N–H and O–H groups in total. The highest BCUT2D eigenvalue weighted by Crippen LogP contribution is 2.46. The number of hydrogen-bond acceptors (Lipinski definition) is 3. The second-order valence-corrected chi connectivity index (χ2v) is 4.73. The minimum Gasteiger partial charge on any atom is -0.383 e. The van der Waals surface area contributed by atoms with Gasteiger partial charge in [-0.1, -0.05) is 6.92 Å². The number of carbonyl (C=O) groups is 1. The highest BCUT2D eigenvalue weighted by atomic mass is 16.5. The molecular weight excluding hydrogens is 204 g/mol. The van der Waals surface area contributed by atoms with E-state index in [9.17, 15) is 4.79 Å². The van der Waals surface area contributed by atoms with Crippen LogP contribution in [0.2, 0.25) is 0 Å². The molecule has 16 heavy (non-hydrogen) atoms. The largest absolute Gasteiger partial charge is 0.383 e. The Balaban J connectivity index is 2.64. The number of rotatable bonds is 7. The average Bonchev–Trinajstić information content (AvgIpc) is 3.09. The molecule has 0 aromatic heterocycles. The van der Waals surface area contributed by atoms with Gasteiger partial charge in [-0.15, -0.1) is 0 Å². The molecule has 0 radical (unpaired) electrons. The molecule has 0 aromatic carbocycles. The van der Waals surface area contributed by atoms with Gasteiger partial charge in [0.2, 0.25) is 5.91 Å². The van der Waals surface area contributed by atoms with Gasteiger partial charge in [0.05, 0.1) is 12.0 Å². The van der Waals surface area contributed by atoms with E-state index in [2.05, 4.69) is 13.8 Å². The van der Waals surface area contributed by atoms with Gasteiger partial charge in [0.1, 0.15) is 0 Å². The van der Waals surface area contributed by atoms with Crippen molar-refractivity contribution < 1.29 is 9.53 Å². The van der Waals surface area contributed by atoms with Crippen LogP contribution in [0.15, 0.2) is 0 Å². The zero-order valence-electron chi connectivity index (χ0n) is 10.7. The lowest BCUT2D eigenvalue weighted by molar-refractivity contribution is -0.139. The lowest BCUT2D eigenvalue weighted by Gasteiger charge is -2.31. The van der Waals surface area contributed by atoms with Crippen LogP contribution in [0.25, 0.3) is 0 Å². The van der Waals surface area contributed by atoms with Gasteiger partial charge in [-0.2, -0.15) is 0 Å². The van der Waals surface area contributed by atoms with Crippen molar-refractivity contribution in [3.63, 3.8) is 0 Å². The first kappa shape index (κ1) is 13.5. The normalized spacial score (nSPS) is 19.2. The van der Waals surface area contributed by atoms with Crippen LogP contribution in [0.4, 0.5) is 0 Å². The van der Waals surface area contributed by atoms with Crippen LogP contribution < -0.4 is 5.73 Å². The molecule has 1 rings (SSSR count). The summed E-state index contributed by atoms with van der Waals surface area (Å²) in [6.45, 7) is 5.93. The summed E-state index contributed by atoms with van der Waals surface area (Å²) < 4.78 is 5.06. The Bertz CT molecular complexity index is 239. The quantitative estimate of drug-likeness (QED) is 0.707. The van der Waals surface area contributed by atoms with Gasteiger partial charge in [-0.05, 0) is 26.2 Å². The van der Waals surface area contributed by atoms with E-state index in [1.165, 1.54) is 0 Å².